The number of hydrogen-bond acceptors (Lipinski definition) is 4. The molecule has 0 aromatic rings. The summed E-state index contributed by atoms with van der Waals surface area (Å²) in [6.07, 6.45) is 1.17. The molecule has 5 heteroatoms. The summed E-state index contributed by atoms with van der Waals surface area (Å²) in [5.74, 6) is 0.0824. The number of nitrogens with zero attached hydrogens (tertiary/aromatic N) is 1. The fourth-order valence-corrected chi connectivity index (χ4v) is 0.995. The van der Waals surface area contributed by atoms with Crippen LogP contribution < -0.4 is 5.32 Å². The molecule has 0 aromatic carbocycles. The van der Waals surface area contributed by atoms with Crippen molar-refractivity contribution in [2.75, 3.05) is 18.6 Å². The zero-order chi connectivity index (χ0) is 8.91. The van der Waals surface area contributed by atoms with E-state index >= 15 is 0 Å². The Balaban J connectivity index is 3.53. The van der Waals surface area contributed by atoms with Gasteiger partial charge in [0.1, 0.15) is 9.84 Å². The van der Waals surface area contributed by atoms with E-state index in [0.717, 1.165) is 0 Å². The highest BCUT2D eigenvalue weighted by molar-refractivity contribution is 7.90. The van der Waals surface area contributed by atoms with Gasteiger partial charge in [-0.05, 0) is 6.92 Å². The summed E-state index contributed by atoms with van der Waals surface area (Å²) >= 11 is 0. The second-order valence-electron chi connectivity index (χ2n) is 2.43. The van der Waals surface area contributed by atoms with Gasteiger partial charge in [0.2, 0.25) is 0 Å². The number of nitrogens with one attached hydrogen (secondary N) is 1. The lowest BCUT2D eigenvalue weighted by Gasteiger charge is -2.03. The Morgan fingerprint density at radius 1 is 1.64 bits per heavy atom. The van der Waals surface area contributed by atoms with Crippen molar-refractivity contribution >= 4 is 9.84 Å². The largest absolute Gasteiger partial charge is 0.301 e. The van der Waals surface area contributed by atoms with Crippen molar-refractivity contribution in [1.82, 2.24) is 5.32 Å². The van der Waals surface area contributed by atoms with Crippen LogP contribution in [-0.4, -0.2) is 33.0 Å². The Labute approximate surface area is 67.1 Å². The van der Waals surface area contributed by atoms with Crippen LogP contribution in [0.15, 0.2) is 0 Å². The van der Waals surface area contributed by atoms with Gasteiger partial charge in [-0.15, -0.1) is 0 Å². The zero-order valence-electron chi connectivity index (χ0n) is 6.66. The van der Waals surface area contributed by atoms with Crippen molar-refractivity contribution in [2.45, 2.75) is 13.0 Å². The maximum atomic E-state index is 10.6. The molecule has 0 rings (SSSR count). The fraction of sp³-hybridized carbons (Fsp3) is 0.833. The van der Waals surface area contributed by atoms with E-state index < -0.39 is 9.84 Å². The molecule has 1 N–H and O–H groups in total. The monoisotopic (exact) mass is 176 g/mol. The topological polar surface area (TPSA) is 70.0 Å². The van der Waals surface area contributed by atoms with E-state index in [1.807, 2.05) is 6.07 Å². The number of rotatable bonds is 4. The molecular formula is C6H12N2O2S. The minimum atomic E-state index is -2.90. The highest BCUT2D eigenvalue weighted by Gasteiger charge is 2.02. The Bertz CT molecular complexity index is 240. The summed E-state index contributed by atoms with van der Waals surface area (Å²) in [7, 11) is -2.90. The molecule has 0 aliphatic rings. The molecule has 0 saturated heterocycles. The van der Waals surface area contributed by atoms with Gasteiger partial charge in [-0.2, -0.15) is 5.26 Å². The molecule has 64 valence electrons. The standard InChI is InChI=1S/C6H12N2O2S/c1-6(5-7)8-3-4-11(2,9)10/h6,8H,3-4H2,1-2H3. The lowest BCUT2D eigenvalue weighted by Crippen LogP contribution is -2.29. The van der Waals surface area contributed by atoms with Gasteiger partial charge in [0, 0.05) is 12.8 Å². The van der Waals surface area contributed by atoms with E-state index in [2.05, 4.69) is 5.32 Å². The Kier molecular flexibility index (Phi) is 4.08. The third-order valence-corrected chi connectivity index (χ3v) is 2.06. The van der Waals surface area contributed by atoms with Gasteiger partial charge >= 0.3 is 0 Å². The first-order valence-corrected chi connectivity index (χ1v) is 5.32. The van der Waals surface area contributed by atoms with Crippen LogP contribution in [0, 0.1) is 11.3 Å². The fourth-order valence-electron chi connectivity index (χ4n) is 0.506. The predicted molar refractivity (Wildman–Crippen MR) is 42.8 cm³/mol. The third kappa shape index (κ3) is 7.30. The van der Waals surface area contributed by atoms with Crippen molar-refractivity contribution in [3.05, 3.63) is 0 Å². The van der Waals surface area contributed by atoms with Crippen molar-refractivity contribution in [3.63, 3.8) is 0 Å². The lowest BCUT2D eigenvalue weighted by atomic mass is 10.4. The quantitative estimate of drug-likeness (QED) is 0.629. The van der Waals surface area contributed by atoms with Crippen molar-refractivity contribution < 1.29 is 8.42 Å². The average molecular weight is 176 g/mol. The molecule has 11 heavy (non-hydrogen) atoms. The summed E-state index contributed by atoms with van der Waals surface area (Å²) in [6.45, 7) is 2.02. The molecule has 0 heterocycles. The third-order valence-electron chi connectivity index (χ3n) is 1.12. The highest BCUT2D eigenvalue weighted by Crippen LogP contribution is 1.81. The van der Waals surface area contributed by atoms with E-state index in [1.54, 1.807) is 6.92 Å². The second-order valence-corrected chi connectivity index (χ2v) is 4.69. The number of nitriles is 1. The molecule has 1 atom stereocenters. The Hall–Kier alpha value is -0.600. The van der Waals surface area contributed by atoms with Crippen LogP contribution in [0.1, 0.15) is 6.92 Å². The molecule has 0 amide bonds. The molecule has 1 unspecified atom stereocenters. The maximum Gasteiger partial charge on any atom is 0.148 e. The average Bonchev–Trinajstić information content (AvgIpc) is 1.85. The van der Waals surface area contributed by atoms with Crippen molar-refractivity contribution in [1.29, 1.82) is 5.26 Å². The summed E-state index contributed by atoms with van der Waals surface area (Å²) in [6, 6.07) is 1.66. The highest BCUT2D eigenvalue weighted by atomic mass is 32.2. The van der Waals surface area contributed by atoms with Crippen LogP contribution in [0.25, 0.3) is 0 Å². The van der Waals surface area contributed by atoms with E-state index in [1.165, 1.54) is 6.26 Å². The summed E-state index contributed by atoms with van der Waals surface area (Å²) in [5.41, 5.74) is 0. The summed E-state index contributed by atoms with van der Waals surface area (Å²) < 4.78 is 21.2. The minimum Gasteiger partial charge on any atom is -0.301 e. The SMILES string of the molecule is CC(C#N)NCCS(C)(=O)=O. The molecule has 0 spiro atoms. The van der Waals surface area contributed by atoms with E-state index in [9.17, 15) is 8.42 Å². The molecule has 0 aliphatic carbocycles. The van der Waals surface area contributed by atoms with Gasteiger partial charge in [-0.3, -0.25) is 0 Å². The molecule has 0 aromatic heterocycles. The van der Waals surface area contributed by atoms with Gasteiger partial charge in [-0.25, -0.2) is 8.42 Å². The van der Waals surface area contributed by atoms with Gasteiger partial charge in [0.15, 0.2) is 0 Å². The van der Waals surface area contributed by atoms with Gasteiger partial charge < -0.3 is 5.32 Å². The first kappa shape index (κ1) is 10.4. The van der Waals surface area contributed by atoms with Gasteiger partial charge in [0.25, 0.3) is 0 Å². The van der Waals surface area contributed by atoms with Crippen LogP contribution >= 0.6 is 0 Å². The lowest BCUT2D eigenvalue weighted by molar-refractivity contribution is 0.593. The van der Waals surface area contributed by atoms with Crippen LogP contribution in [0.3, 0.4) is 0 Å². The normalized spacial score (nSPS) is 13.9. The number of sulfone groups is 1. The smallest absolute Gasteiger partial charge is 0.148 e. The summed E-state index contributed by atoms with van der Waals surface area (Å²) in [5, 5.41) is 11.1. The second kappa shape index (κ2) is 4.31. The zero-order valence-corrected chi connectivity index (χ0v) is 7.48. The Morgan fingerprint density at radius 3 is 2.55 bits per heavy atom. The number of hydrogen-bond donors (Lipinski definition) is 1. The summed E-state index contributed by atoms with van der Waals surface area (Å²) in [4.78, 5) is 0. The van der Waals surface area contributed by atoms with Crippen LogP contribution in [0.5, 0.6) is 0 Å². The Morgan fingerprint density at radius 2 is 2.18 bits per heavy atom. The molecule has 4 nitrogen and oxygen atoms in total. The van der Waals surface area contributed by atoms with Crippen LogP contribution in [-0.2, 0) is 9.84 Å². The van der Waals surface area contributed by atoms with Crippen LogP contribution in [0.2, 0.25) is 0 Å². The van der Waals surface area contributed by atoms with Crippen molar-refractivity contribution in [2.24, 2.45) is 0 Å². The van der Waals surface area contributed by atoms with Crippen LogP contribution in [0.4, 0.5) is 0 Å². The molecule has 0 bridgehead atoms. The molecule has 0 fully saturated rings. The van der Waals surface area contributed by atoms with Gasteiger partial charge in [-0.1, -0.05) is 0 Å². The van der Waals surface area contributed by atoms with E-state index in [4.69, 9.17) is 5.26 Å². The molecule has 0 aliphatic heterocycles. The maximum absolute atomic E-state index is 10.6. The first-order chi connectivity index (χ1) is 4.95. The predicted octanol–water partition coefficient (Wildman–Crippen LogP) is -0.467. The van der Waals surface area contributed by atoms with Gasteiger partial charge in [0.05, 0.1) is 17.9 Å². The molecule has 0 radical (unpaired) electrons. The molecule has 0 saturated carbocycles. The molecular weight excluding hydrogens is 164 g/mol. The van der Waals surface area contributed by atoms with E-state index in [0.29, 0.717) is 6.54 Å². The first-order valence-electron chi connectivity index (χ1n) is 3.26. The van der Waals surface area contributed by atoms with E-state index in [-0.39, 0.29) is 11.8 Å². The minimum absolute atomic E-state index is 0.0824. The van der Waals surface area contributed by atoms with Crippen molar-refractivity contribution in [3.8, 4) is 6.07 Å².